The predicted molar refractivity (Wildman–Crippen MR) is 117 cm³/mol. The van der Waals surface area contributed by atoms with Gasteiger partial charge in [-0.15, -0.1) is 0 Å². The number of aliphatic hydroxyl groups is 1. The lowest BCUT2D eigenvalue weighted by Crippen LogP contribution is -2.35. The molecule has 3 aromatic rings. The Hall–Kier alpha value is -3.00. The number of hydrogen-bond acceptors (Lipinski definition) is 3. The van der Waals surface area contributed by atoms with E-state index in [1.54, 1.807) is 10.6 Å². The van der Waals surface area contributed by atoms with Crippen LogP contribution in [0.3, 0.4) is 0 Å². The molecule has 1 fully saturated rings. The number of rotatable bonds is 4. The van der Waals surface area contributed by atoms with Crippen molar-refractivity contribution in [1.82, 2.24) is 4.57 Å². The minimum atomic E-state index is -4.64. The Balaban J connectivity index is 1.83. The van der Waals surface area contributed by atoms with Crippen LogP contribution < -0.4 is 4.90 Å². The number of carbonyl (C=O) groups is 1. The third kappa shape index (κ3) is 3.62. The second-order valence-electron chi connectivity index (χ2n) is 8.47. The van der Waals surface area contributed by atoms with E-state index in [0.29, 0.717) is 18.3 Å². The van der Waals surface area contributed by atoms with Crippen molar-refractivity contribution in [2.45, 2.75) is 52.2 Å². The summed E-state index contributed by atoms with van der Waals surface area (Å²) in [7, 11) is 0. The number of aromatic nitrogens is 1. The van der Waals surface area contributed by atoms with E-state index >= 15 is 0 Å². The van der Waals surface area contributed by atoms with Crippen LogP contribution >= 0.6 is 0 Å². The fourth-order valence-electron chi connectivity index (χ4n) is 4.83. The first-order valence-electron chi connectivity index (χ1n) is 10.6. The van der Waals surface area contributed by atoms with Crippen LogP contribution in [-0.2, 0) is 12.7 Å². The fraction of sp³-hybridized carbons (Fsp3) is 0.375. The lowest BCUT2D eigenvalue weighted by Gasteiger charge is -2.28. The summed E-state index contributed by atoms with van der Waals surface area (Å²) in [6.07, 6.45) is -4.33. The monoisotopic (exact) mass is 446 g/mol. The highest BCUT2D eigenvalue weighted by Gasteiger charge is 2.35. The lowest BCUT2D eigenvalue weighted by atomic mass is 10.1. The Kier molecular flexibility index (Phi) is 5.45. The highest BCUT2D eigenvalue weighted by molar-refractivity contribution is 6.04. The van der Waals surface area contributed by atoms with E-state index in [4.69, 9.17) is 0 Å². The van der Waals surface area contributed by atoms with Crippen LogP contribution in [0.1, 0.15) is 43.1 Å². The van der Waals surface area contributed by atoms with Crippen molar-refractivity contribution in [1.29, 1.82) is 0 Å². The number of anilines is 1. The fourth-order valence-corrected chi connectivity index (χ4v) is 4.83. The van der Waals surface area contributed by atoms with Crippen LogP contribution in [-0.4, -0.2) is 33.0 Å². The number of aryl methyl sites for hydroxylation is 1. The molecule has 170 valence electrons. The molecule has 8 heteroatoms. The number of aliphatic hydroxyl groups excluding tert-OH is 1. The third-order valence-electron chi connectivity index (χ3n) is 6.31. The molecule has 32 heavy (non-hydrogen) atoms. The van der Waals surface area contributed by atoms with Crippen LogP contribution in [0.4, 0.5) is 18.9 Å². The van der Waals surface area contributed by atoms with Crippen LogP contribution in [0.5, 0.6) is 0 Å². The van der Waals surface area contributed by atoms with Gasteiger partial charge in [-0.05, 0) is 56.2 Å². The number of benzene rings is 2. The van der Waals surface area contributed by atoms with Crippen LogP contribution in [0, 0.1) is 5.92 Å². The predicted octanol–water partition coefficient (Wildman–Crippen LogP) is 5.60. The summed E-state index contributed by atoms with van der Waals surface area (Å²) in [5, 5.41) is 20.3. The first-order chi connectivity index (χ1) is 15.0. The molecule has 1 saturated heterocycles. The second-order valence-corrected chi connectivity index (χ2v) is 8.47. The second kappa shape index (κ2) is 7.85. The molecule has 0 radical (unpaired) electrons. The van der Waals surface area contributed by atoms with Gasteiger partial charge in [0.15, 0.2) is 0 Å². The first-order valence-corrected chi connectivity index (χ1v) is 10.6. The Morgan fingerprint density at radius 3 is 2.28 bits per heavy atom. The number of carboxylic acid groups (broad SMARTS) is 1. The van der Waals surface area contributed by atoms with Crippen LogP contribution in [0.2, 0.25) is 0 Å². The van der Waals surface area contributed by atoms with Gasteiger partial charge in [-0.2, -0.15) is 13.2 Å². The molecule has 2 N–H and O–H groups in total. The van der Waals surface area contributed by atoms with E-state index < -0.39 is 23.9 Å². The number of alkyl halides is 3. The van der Waals surface area contributed by atoms with Gasteiger partial charge in [0.05, 0.1) is 16.6 Å². The average Bonchev–Trinajstić information content (AvgIpc) is 3.22. The quantitative estimate of drug-likeness (QED) is 0.548. The molecule has 0 saturated carbocycles. The summed E-state index contributed by atoms with van der Waals surface area (Å²) in [6.45, 7) is 6.28. The molecule has 1 aliphatic heterocycles. The normalized spacial score (nSPS) is 21.5. The van der Waals surface area contributed by atoms with Gasteiger partial charge in [0.25, 0.3) is 0 Å². The van der Waals surface area contributed by atoms with Crippen molar-refractivity contribution in [3.8, 4) is 11.3 Å². The topological polar surface area (TPSA) is 65.7 Å². The summed E-state index contributed by atoms with van der Waals surface area (Å²) in [6, 6.07) is 10.9. The summed E-state index contributed by atoms with van der Waals surface area (Å²) < 4.78 is 41.7. The number of fused-ring (bicyclic) bond motifs is 1. The standard InChI is InChI=1S/C24H25F3N2O3/c1-4-28-20(11-16-10-17(24(25,26)27)12-19(21(16)28)23(31)32)15-5-7-18(8-6-15)29-14(3)9-13(2)22(29)30/h5-8,10-14,22,30H,4,9H2,1-3H3,(H,31,32). The third-order valence-corrected chi connectivity index (χ3v) is 6.31. The van der Waals surface area contributed by atoms with Crippen molar-refractivity contribution in [3.63, 3.8) is 0 Å². The molecule has 5 nitrogen and oxygen atoms in total. The summed E-state index contributed by atoms with van der Waals surface area (Å²) in [4.78, 5) is 13.7. The first kappa shape index (κ1) is 22.2. The molecule has 4 rings (SSSR count). The van der Waals surface area contributed by atoms with E-state index in [9.17, 15) is 28.2 Å². The average molecular weight is 446 g/mol. The molecular weight excluding hydrogens is 421 g/mol. The Morgan fingerprint density at radius 1 is 1.12 bits per heavy atom. The van der Waals surface area contributed by atoms with Crippen molar-refractivity contribution < 1.29 is 28.2 Å². The molecule has 2 heterocycles. The Morgan fingerprint density at radius 2 is 1.78 bits per heavy atom. The maximum atomic E-state index is 13.3. The molecule has 3 unspecified atom stereocenters. The summed E-state index contributed by atoms with van der Waals surface area (Å²) in [5.41, 5.74) is 1.17. The van der Waals surface area contributed by atoms with Gasteiger partial charge >= 0.3 is 12.1 Å². The zero-order valence-corrected chi connectivity index (χ0v) is 18.0. The summed E-state index contributed by atoms with van der Waals surface area (Å²) >= 11 is 0. The zero-order chi connectivity index (χ0) is 23.4. The molecule has 0 aliphatic carbocycles. The molecular formula is C24H25F3N2O3. The maximum Gasteiger partial charge on any atom is 0.416 e. The van der Waals surface area contributed by atoms with E-state index in [1.165, 1.54) is 0 Å². The van der Waals surface area contributed by atoms with Gasteiger partial charge < -0.3 is 19.7 Å². The van der Waals surface area contributed by atoms with Gasteiger partial charge in [0, 0.05) is 35.3 Å². The van der Waals surface area contributed by atoms with Gasteiger partial charge in [0.1, 0.15) is 6.23 Å². The van der Waals surface area contributed by atoms with E-state index in [-0.39, 0.29) is 28.4 Å². The van der Waals surface area contributed by atoms with Crippen molar-refractivity contribution in [3.05, 3.63) is 53.6 Å². The van der Waals surface area contributed by atoms with Crippen molar-refractivity contribution in [2.24, 2.45) is 5.92 Å². The van der Waals surface area contributed by atoms with Gasteiger partial charge in [0.2, 0.25) is 0 Å². The van der Waals surface area contributed by atoms with Crippen LogP contribution in [0.25, 0.3) is 22.2 Å². The number of nitrogens with zero attached hydrogens (tertiary/aromatic N) is 2. The molecule has 0 spiro atoms. The van der Waals surface area contributed by atoms with Crippen molar-refractivity contribution >= 4 is 22.6 Å². The number of halogens is 3. The molecule has 0 bridgehead atoms. The minimum absolute atomic E-state index is 0.157. The molecule has 1 aliphatic rings. The van der Waals surface area contributed by atoms with E-state index in [0.717, 1.165) is 23.7 Å². The minimum Gasteiger partial charge on any atom is -0.478 e. The van der Waals surface area contributed by atoms with Gasteiger partial charge in [-0.25, -0.2) is 4.79 Å². The molecule has 1 aromatic heterocycles. The number of hydrogen-bond donors (Lipinski definition) is 2. The Bertz CT molecular complexity index is 1170. The molecule has 3 atom stereocenters. The molecule has 2 aromatic carbocycles. The van der Waals surface area contributed by atoms with Crippen LogP contribution in [0.15, 0.2) is 42.5 Å². The number of aromatic carboxylic acids is 1. The highest BCUT2D eigenvalue weighted by atomic mass is 19.4. The van der Waals surface area contributed by atoms with Crippen molar-refractivity contribution in [2.75, 3.05) is 4.90 Å². The largest absolute Gasteiger partial charge is 0.478 e. The zero-order valence-electron chi connectivity index (χ0n) is 18.0. The number of carboxylic acids is 1. The SMILES string of the molecule is CCn1c(-c2ccc(N3C(C)CC(C)C3O)cc2)cc2cc(C(F)(F)F)cc(C(=O)O)c21. The summed E-state index contributed by atoms with van der Waals surface area (Å²) in [5.74, 6) is -1.24. The van der Waals surface area contributed by atoms with E-state index in [1.807, 2.05) is 43.0 Å². The van der Waals surface area contributed by atoms with E-state index in [2.05, 4.69) is 6.92 Å². The van der Waals surface area contributed by atoms with Gasteiger partial charge in [-0.3, -0.25) is 0 Å². The van der Waals surface area contributed by atoms with Gasteiger partial charge in [-0.1, -0.05) is 19.1 Å². The maximum absolute atomic E-state index is 13.3. The smallest absolute Gasteiger partial charge is 0.416 e. The highest BCUT2D eigenvalue weighted by Crippen LogP contribution is 2.38. The Labute approximate surface area is 183 Å². The molecule has 0 amide bonds. The lowest BCUT2D eigenvalue weighted by molar-refractivity contribution is -0.137.